The highest BCUT2D eigenvalue weighted by Gasteiger charge is 2.23. The molecule has 2 unspecified atom stereocenters. The zero-order chi connectivity index (χ0) is 13.9. The summed E-state index contributed by atoms with van der Waals surface area (Å²) in [7, 11) is 0. The summed E-state index contributed by atoms with van der Waals surface area (Å²) in [6.45, 7) is 6.90. The Morgan fingerprint density at radius 1 is 1.40 bits per heavy atom. The van der Waals surface area contributed by atoms with Crippen molar-refractivity contribution in [2.75, 3.05) is 26.2 Å². The molecule has 20 heavy (non-hydrogen) atoms. The lowest BCUT2D eigenvalue weighted by atomic mass is 10.1. The Hall–Kier alpha value is -0.580. The number of likely N-dealkylation sites (tertiary alicyclic amines) is 1. The molecule has 2 atom stereocenters. The summed E-state index contributed by atoms with van der Waals surface area (Å²) in [4.78, 5) is 2.55. The summed E-state index contributed by atoms with van der Waals surface area (Å²) < 4.78 is 7.12. The number of nitrogens with zero attached hydrogens (tertiary/aromatic N) is 1. The predicted octanol–water partition coefficient (Wildman–Crippen LogP) is 2.83. The molecular weight excluding hydrogens is 316 g/mol. The lowest BCUT2D eigenvalue weighted by molar-refractivity contribution is 0.213. The van der Waals surface area contributed by atoms with Gasteiger partial charge in [0.1, 0.15) is 11.9 Å². The van der Waals surface area contributed by atoms with Crippen LogP contribution in [0.15, 0.2) is 22.7 Å². The van der Waals surface area contributed by atoms with E-state index in [1.54, 1.807) is 0 Å². The monoisotopic (exact) mass is 338 g/mol. The van der Waals surface area contributed by atoms with Crippen LogP contribution in [0.1, 0.15) is 25.3 Å². The number of rotatable bonds is 5. The van der Waals surface area contributed by atoms with Gasteiger partial charge in [-0.15, -0.1) is 0 Å². The molecule has 3 nitrogen and oxygen atoms in total. The largest absolute Gasteiger partial charge is 0.488 e. The molecule has 1 saturated heterocycles. The fourth-order valence-electron chi connectivity index (χ4n) is 3.15. The zero-order valence-corrected chi connectivity index (χ0v) is 13.7. The molecule has 2 aliphatic rings. The van der Waals surface area contributed by atoms with Crippen LogP contribution in [0.2, 0.25) is 0 Å². The van der Waals surface area contributed by atoms with E-state index < -0.39 is 0 Å². The molecule has 0 bridgehead atoms. The Morgan fingerprint density at radius 3 is 3.00 bits per heavy atom. The number of nitrogens with one attached hydrogen (secondary N) is 1. The number of hydrogen-bond donors (Lipinski definition) is 1. The minimum absolute atomic E-state index is 0.278. The van der Waals surface area contributed by atoms with Crippen molar-refractivity contribution < 1.29 is 4.74 Å². The zero-order valence-electron chi connectivity index (χ0n) is 12.1. The normalized spacial score (nSPS) is 23.6. The fourth-order valence-corrected chi connectivity index (χ4v) is 3.56. The molecule has 0 radical (unpaired) electrons. The highest BCUT2D eigenvalue weighted by molar-refractivity contribution is 9.10. The molecule has 1 N–H and O–H groups in total. The first kappa shape index (κ1) is 14.4. The lowest BCUT2D eigenvalue weighted by Gasteiger charge is -2.22. The molecule has 0 amide bonds. The summed E-state index contributed by atoms with van der Waals surface area (Å²) >= 11 is 3.52. The molecule has 110 valence electrons. The van der Waals surface area contributed by atoms with Crippen LogP contribution in [-0.2, 0) is 6.42 Å². The minimum Gasteiger partial charge on any atom is -0.488 e. The van der Waals surface area contributed by atoms with Gasteiger partial charge in [-0.25, -0.2) is 0 Å². The van der Waals surface area contributed by atoms with E-state index in [9.17, 15) is 0 Å². The number of ether oxygens (including phenoxy) is 1. The first-order chi connectivity index (χ1) is 9.70. The topological polar surface area (TPSA) is 24.5 Å². The van der Waals surface area contributed by atoms with E-state index in [1.807, 2.05) is 6.07 Å². The van der Waals surface area contributed by atoms with Gasteiger partial charge in [-0.3, -0.25) is 0 Å². The minimum atomic E-state index is 0.278. The van der Waals surface area contributed by atoms with Crippen LogP contribution in [0, 0.1) is 0 Å². The van der Waals surface area contributed by atoms with Crippen molar-refractivity contribution in [1.29, 1.82) is 0 Å². The second kappa shape index (κ2) is 6.46. The Balaban J connectivity index is 1.43. The Kier molecular flexibility index (Phi) is 4.64. The Bertz CT molecular complexity index is 460. The van der Waals surface area contributed by atoms with Crippen LogP contribution in [-0.4, -0.2) is 43.2 Å². The average molecular weight is 339 g/mol. The van der Waals surface area contributed by atoms with Gasteiger partial charge >= 0.3 is 0 Å². The highest BCUT2D eigenvalue weighted by atomic mass is 79.9. The molecule has 3 rings (SSSR count). The van der Waals surface area contributed by atoms with Gasteiger partial charge in [0.05, 0.1) is 0 Å². The van der Waals surface area contributed by atoms with Crippen molar-refractivity contribution in [3.8, 4) is 5.75 Å². The van der Waals surface area contributed by atoms with E-state index in [-0.39, 0.29) is 6.10 Å². The second-order valence-corrected chi connectivity index (χ2v) is 6.93. The Morgan fingerprint density at radius 2 is 2.20 bits per heavy atom. The van der Waals surface area contributed by atoms with Crippen molar-refractivity contribution in [2.45, 2.75) is 38.3 Å². The highest BCUT2D eigenvalue weighted by Crippen LogP contribution is 2.30. The van der Waals surface area contributed by atoms with Gasteiger partial charge in [0.25, 0.3) is 0 Å². The summed E-state index contributed by atoms with van der Waals surface area (Å²) in [5, 5.41) is 3.62. The summed E-state index contributed by atoms with van der Waals surface area (Å²) in [5.74, 6) is 1.05. The van der Waals surface area contributed by atoms with Crippen molar-refractivity contribution in [2.24, 2.45) is 0 Å². The van der Waals surface area contributed by atoms with Crippen molar-refractivity contribution >= 4 is 15.9 Å². The maximum absolute atomic E-state index is 5.99. The summed E-state index contributed by atoms with van der Waals surface area (Å²) in [5.41, 5.74) is 1.32. The van der Waals surface area contributed by atoms with Crippen molar-refractivity contribution in [1.82, 2.24) is 10.2 Å². The van der Waals surface area contributed by atoms with E-state index in [0.717, 1.165) is 29.7 Å². The molecule has 1 aromatic carbocycles. The maximum atomic E-state index is 5.99. The SMILES string of the molecule is CC(CN1CCCC1)NCC1Cc2cc(Br)ccc2O1. The standard InChI is InChI=1S/C16H23BrN2O/c1-12(11-19-6-2-3-7-19)18-10-15-9-13-8-14(17)4-5-16(13)20-15/h4-5,8,12,15,18H,2-3,6-7,9-11H2,1H3. The van der Waals surface area contributed by atoms with Crippen LogP contribution in [0.5, 0.6) is 5.75 Å². The molecule has 1 aromatic rings. The first-order valence-electron chi connectivity index (χ1n) is 7.61. The molecule has 2 aliphatic heterocycles. The fraction of sp³-hybridized carbons (Fsp3) is 0.625. The Labute approximate surface area is 129 Å². The quantitative estimate of drug-likeness (QED) is 0.893. The van der Waals surface area contributed by atoms with Crippen LogP contribution in [0.3, 0.4) is 0 Å². The molecule has 0 saturated carbocycles. The van der Waals surface area contributed by atoms with Crippen molar-refractivity contribution in [3.05, 3.63) is 28.2 Å². The van der Waals surface area contributed by atoms with E-state index in [0.29, 0.717) is 6.04 Å². The molecule has 0 aromatic heterocycles. The molecule has 1 fully saturated rings. The van der Waals surface area contributed by atoms with Gasteiger partial charge in [0.15, 0.2) is 0 Å². The van der Waals surface area contributed by atoms with Crippen LogP contribution >= 0.6 is 15.9 Å². The van der Waals surface area contributed by atoms with E-state index in [4.69, 9.17) is 4.74 Å². The molecule has 2 heterocycles. The molecule has 0 spiro atoms. The van der Waals surface area contributed by atoms with Gasteiger partial charge in [-0.1, -0.05) is 15.9 Å². The van der Waals surface area contributed by atoms with E-state index >= 15 is 0 Å². The summed E-state index contributed by atoms with van der Waals surface area (Å²) in [6, 6.07) is 6.81. The van der Waals surface area contributed by atoms with Crippen LogP contribution in [0.4, 0.5) is 0 Å². The van der Waals surface area contributed by atoms with Crippen LogP contribution in [0.25, 0.3) is 0 Å². The predicted molar refractivity (Wildman–Crippen MR) is 85.4 cm³/mol. The van der Waals surface area contributed by atoms with Crippen LogP contribution < -0.4 is 10.1 Å². The number of fused-ring (bicyclic) bond motifs is 1. The third-order valence-electron chi connectivity index (χ3n) is 4.19. The second-order valence-electron chi connectivity index (χ2n) is 6.01. The van der Waals surface area contributed by atoms with E-state index in [2.05, 4.69) is 45.2 Å². The smallest absolute Gasteiger partial charge is 0.123 e. The first-order valence-corrected chi connectivity index (χ1v) is 8.41. The van der Waals surface area contributed by atoms with E-state index in [1.165, 1.54) is 31.5 Å². The van der Waals surface area contributed by atoms with Gasteiger partial charge in [-0.05, 0) is 56.6 Å². The number of hydrogen-bond acceptors (Lipinski definition) is 3. The third kappa shape index (κ3) is 3.54. The third-order valence-corrected chi connectivity index (χ3v) is 4.68. The van der Waals surface area contributed by atoms with Gasteiger partial charge in [0, 0.05) is 30.0 Å². The van der Waals surface area contributed by atoms with Gasteiger partial charge in [-0.2, -0.15) is 0 Å². The number of halogens is 1. The summed E-state index contributed by atoms with van der Waals surface area (Å²) in [6.07, 6.45) is 4.02. The molecular formula is C16H23BrN2O. The maximum Gasteiger partial charge on any atom is 0.123 e. The van der Waals surface area contributed by atoms with Gasteiger partial charge < -0.3 is 15.0 Å². The lowest BCUT2D eigenvalue weighted by Crippen LogP contribution is -2.42. The molecule has 0 aliphatic carbocycles. The molecule has 4 heteroatoms. The number of benzene rings is 1. The van der Waals surface area contributed by atoms with Gasteiger partial charge in [0.2, 0.25) is 0 Å². The van der Waals surface area contributed by atoms with Crippen molar-refractivity contribution in [3.63, 3.8) is 0 Å². The average Bonchev–Trinajstić information content (AvgIpc) is 3.04.